The highest BCUT2D eigenvalue weighted by molar-refractivity contribution is 5.92. The van der Waals surface area contributed by atoms with Gasteiger partial charge in [-0.15, -0.1) is 0 Å². The summed E-state index contributed by atoms with van der Waals surface area (Å²) in [6, 6.07) is 23.8. The molecule has 1 aromatic heterocycles. The molecular weight excluding hydrogens is 308 g/mol. The molecule has 1 amide bonds. The highest BCUT2D eigenvalue weighted by Gasteiger charge is 2.07. The summed E-state index contributed by atoms with van der Waals surface area (Å²) in [6.45, 7) is 1.92. The van der Waals surface area contributed by atoms with Crippen molar-refractivity contribution in [3.63, 3.8) is 0 Å². The smallest absolute Gasteiger partial charge is 0.244 e. The fraction of sp³-hybridized carbons (Fsp3) is 0.0909. The molecule has 0 fully saturated rings. The largest absolute Gasteiger partial charge is 0.344 e. The lowest BCUT2D eigenvalue weighted by Crippen LogP contribution is -2.25. The zero-order valence-corrected chi connectivity index (χ0v) is 14.1. The third-order valence-corrected chi connectivity index (χ3v) is 3.91. The molecule has 0 bridgehead atoms. The van der Waals surface area contributed by atoms with Gasteiger partial charge in [0.15, 0.2) is 0 Å². The summed E-state index contributed by atoms with van der Waals surface area (Å²) < 4.78 is 0. The second kappa shape index (κ2) is 8.06. The van der Waals surface area contributed by atoms with Gasteiger partial charge < -0.3 is 5.32 Å². The molecule has 0 aliphatic carbocycles. The number of amides is 1. The highest BCUT2D eigenvalue weighted by atomic mass is 16.1. The van der Waals surface area contributed by atoms with Gasteiger partial charge in [0.2, 0.25) is 5.91 Å². The Morgan fingerprint density at radius 1 is 0.960 bits per heavy atom. The molecule has 2 aromatic carbocycles. The van der Waals surface area contributed by atoms with Crippen LogP contribution in [0.2, 0.25) is 0 Å². The highest BCUT2D eigenvalue weighted by Crippen LogP contribution is 2.20. The fourth-order valence-electron chi connectivity index (χ4n) is 2.59. The first-order valence-electron chi connectivity index (χ1n) is 8.27. The van der Waals surface area contributed by atoms with E-state index in [1.54, 1.807) is 12.3 Å². The molecule has 3 nitrogen and oxygen atoms in total. The summed E-state index contributed by atoms with van der Waals surface area (Å²) >= 11 is 0. The summed E-state index contributed by atoms with van der Waals surface area (Å²) in [7, 11) is 0. The number of carbonyl (C=O) groups excluding carboxylic acids is 1. The van der Waals surface area contributed by atoms with Crippen LogP contribution in [0.3, 0.4) is 0 Å². The molecule has 3 heteroatoms. The Balaban J connectivity index is 1.67. The Hall–Kier alpha value is -3.20. The Kier molecular flexibility index (Phi) is 5.37. The first-order valence-corrected chi connectivity index (χ1v) is 8.27. The van der Waals surface area contributed by atoms with E-state index in [2.05, 4.69) is 34.6 Å². The van der Waals surface area contributed by atoms with E-state index in [0.29, 0.717) is 0 Å². The summed E-state index contributed by atoms with van der Waals surface area (Å²) in [5, 5.41) is 2.92. The maximum atomic E-state index is 12.1. The Bertz CT molecular complexity index is 857. The number of nitrogens with one attached hydrogen (secondary N) is 1. The SMILES string of the molecule is C[C@H](NC(=O)/C=C\c1cccc(-c2ccccc2)c1)c1ccccn1. The second-order valence-electron chi connectivity index (χ2n) is 5.81. The number of rotatable bonds is 5. The number of aromatic nitrogens is 1. The molecule has 0 unspecified atom stereocenters. The van der Waals surface area contributed by atoms with Gasteiger partial charge in [0.25, 0.3) is 0 Å². The van der Waals surface area contributed by atoms with Crippen molar-refractivity contribution in [2.24, 2.45) is 0 Å². The zero-order chi connectivity index (χ0) is 17.5. The molecule has 124 valence electrons. The molecule has 1 heterocycles. The quantitative estimate of drug-likeness (QED) is 0.693. The average molecular weight is 328 g/mol. The molecule has 1 atom stereocenters. The standard InChI is InChI=1S/C22H20N2O/c1-17(21-12-5-6-15-23-21)24-22(25)14-13-18-8-7-11-20(16-18)19-9-3-2-4-10-19/h2-17H,1H3,(H,24,25)/b14-13-/t17-/m0/s1. The first-order chi connectivity index (χ1) is 12.2. The number of benzene rings is 2. The summed E-state index contributed by atoms with van der Waals surface area (Å²) in [5.74, 6) is -0.136. The molecule has 1 N–H and O–H groups in total. The van der Waals surface area contributed by atoms with E-state index in [0.717, 1.165) is 22.4 Å². The average Bonchev–Trinajstić information content (AvgIpc) is 2.68. The van der Waals surface area contributed by atoms with Gasteiger partial charge in [-0.05, 0) is 47.9 Å². The second-order valence-corrected chi connectivity index (χ2v) is 5.81. The number of hydrogen-bond acceptors (Lipinski definition) is 2. The molecule has 0 aliphatic heterocycles. The van der Waals surface area contributed by atoms with Crippen LogP contribution in [0.5, 0.6) is 0 Å². The van der Waals surface area contributed by atoms with E-state index >= 15 is 0 Å². The van der Waals surface area contributed by atoms with Crippen LogP contribution in [0.4, 0.5) is 0 Å². The monoisotopic (exact) mass is 328 g/mol. The molecule has 0 radical (unpaired) electrons. The van der Waals surface area contributed by atoms with Crippen LogP contribution in [0, 0.1) is 0 Å². The van der Waals surface area contributed by atoms with Gasteiger partial charge in [-0.25, -0.2) is 0 Å². The van der Waals surface area contributed by atoms with Crippen molar-refractivity contribution >= 4 is 12.0 Å². The van der Waals surface area contributed by atoms with Crippen LogP contribution in [0.15, 0.2) is 85.1 Å². The van der Waals surface area contributed by atoms with Gasteiger partial charge >= 0.3 is 0 Å². The first kappa shape index (κ1) is 16.7. The van der Waals surface area contributed by atoms with E-state index in [1.165, 1.54) is 0 Å². The summed E-state index contributed by atoms with van der Waals surface area (Å²) in [5.41, 5.74) is 4.12. The minimum atomic E-state index is -0.136. The normalized spacial score (nSPS) is 12.0. The van der Waals surface area contributed by atoms with Gasteiger partial charge in [-0.2, -0.15) is 0 Å². The van der Waals surface area contributed by atoms with E-state index < -0.39 is 0 Å². The van der Waals surface area contributed by atoms with E-state index in [-0.39, 0.29) is 11.9 Å². The van der Waals surface area contributed by atoms with Gasteiger partial charge in [0.1, 0.15) is 0 Å². The van der Waals surface area contributed by atoms with Crippen molar-refractivity contribution in [3.8, 4) is 11.1 Å². The molecule has 25 heavy (non-hydrogen) atoms. The number of hydrogen-bond donors (Lipinski definition) is 1. The van der Waals surface area contributed by atoms with E-state index in [9.17, 15) is 4.79 Å². The maximum absolute atomic E-state index is 12.1. The van der Waals surface area contributed by atoms with Gasteiger partial charge in [-0.1, -0.05) is 54.6 Å². The lowest BCUT2D eigenvalue weighted by atomic mass is 10.0. The summed E-state index contributed by atoms with van der Waals surface area (Å²) in [6.07, 6.45) is 5.11. The Labute approximate surface area is 148 Å². The molecule has 0 spiro atoms. The lowest BCUT2D eigenvalue weighted by molar-refractivity contribution is -0.117. The lowest BCUT2D eigenvalue weighted by Gasteiger charge is -2.11. The third-order valence-electron chi connectivity index (χ3n) is 3.91. The van der Waals surface area contributed by atoms with Crippen molar-refractivity contribution in [2.75, 3.05) is 0 Å². The van der Waals surface area contributed by atoms with E-state index in [4.69, 9.17) is 0 Å². The van der Waals surface area contributed by atoms with Crippen LogP contribution in [0.1, 0.15) is 24.2 Å². The number of pyridine rings is 1. The van der Waals surface area contributed by atoms with Gasteiger partial charge in [-0.3, -0.25) is 9.78 Å². The molecule has 0 aliphatic rings. The van der Waals surface area contributed by atoms with Crippen molar-refractivity contribution in [1.29, 1.82) is 0 Å². The van der Waals surface area contributed by atoms with E-state index in [1.807, 2.05) is 61.5 Å². The molecule has 3 rings (SSSR count). The number of carbonyl (C=O) groups is 1. The predicted molar refractivity (Wildman–Crippen MR) is 102 cm³/mol. The van der Waals surface area contributed by atoms with Crippen molar-refractivity contribution < 1.29 is 4.79 Å². The summed E-state index contributed by atoms with van der Waals surface area (Å²) in [4.78, 5) is 16.4. The topological polar surface area (TPSA) is 42.0 Å². The minimum absolute atomic E-state index is 0.131. The number of nitrogens with zero attached hydrogens (tertiary/aromatic N) is 1. The molecule has 0 saturated carbocycles. The van der Waals surface area contributed by atoms with Crippen molar-refractivity contribution in [3.05, 3.63) is 96.3 Å². The minimum Gasteiger partial charge on any atom is -0.344 e. The molecular formula is C22H20N2O. The third kappa shape index (κ3) is 4.64. The van der Waals surface area contributed by atoms with Crippen LogP contribution in [-0.4, -0.2) is 10.9 Å². The van der Waals surface area contributed by atoms with Crippen molar-refractivity contribution in [2.45, 2.75) is 13.0 Å². The molecule has 0 saturated heterocycles. The zero-order valence-electron chi connectivity index (χ0n) is 14.1. The van der Waals surface area contributed by atoms with Gasteiger partial charge in [0, 0.05) is 12.3 Å². The van der Waals surface area contributed by atoms with Gasteiger partial charge in [0.05, 0.1) is 11.7 Å². The Morgan fingerprint density at radius 2 is 1.72 bits per heavy atom. The Morgan fingerprint density at radius 3 is 2.48 bits per heavy atom. The van der Waals surface area contributed by atoms with Crippen LogP contribution >= 0.6 is 0 Å². The van der Waals surface area contributed by atoms with Crippen LogP contribution in [-0.2, 0) is 4.79 Å². The molecule has 3 aromatic rings. The van der Waals surface area contributed by atoms with Crippen molar-refractivity contribution in [1.82, 2.24) is 10.3 Å². The van der Waals surface area contributed by atoms with Crippen LogP contribution < -0.4 is 5.32 Å². The predicted octanol–water partition coefficient (Wildman–Crippen LogP) is 4.64. The maximum Gasteiger partial charge on any atom is 0.244 e. The fourth-order valence-corrected chi connectivity index (χ4v) is 2.59. The van der Waals surface area contributed by atoms with Crippen LogP contribution in [0.25, 0.3) is 17.2 Å².